The van der Waals surface area contributed by atoms with Crippen LogP contribution < -0.4 is 10.1 Å². The van der Waals surface area contributed by atoms with E-state index in [1.165, 1.54) is 0 Å². The lowest BCUT2D eigenvalue weighted by Crippen LogP contribution is -2.32. The summed E-state index contributed by atoms with van der Waals surface area (Å²) in [6.45, 7) is 0.820. The quantitative estimate of drug-likeness (QED) is 0.859. The minimum atomic E-state index is -0.0433. The molecule has 1 aromatic rings. The van der Waals surface area contributed by atoms with Crippen LogP contribution in [0.4, 0.5) is 10.5 Å². The van der Waals surface area contributed by atoms with Crippen molar-refractivity contribution in [2.75, 3.05) is 30.6 Å². The average Bonchev–Trinajstić information content (AvgIpc) is 2.83. The molecule has 1 aliphatic rings. The van der Waals surface area contributed by atoms with E-state index in [1.54, 1.807) is 29.8 Å². The van der Waals surface area contributed by atoms with E-state index < -0.39 is 0 Å². The van der Waals surface area contributed by atoms with Crippen molar-refractivity contribution in [3.05, 3.63) is 24.3 Å². The number of carbonyl (C=O) groups is 1. The van der Waals surface area contributed by atoms with Gasteiger partial charge < -0.3 is 15.0 Å². The Morgan fingerprint density at radius 1 is 1.56 bits per heavy atom. The van der Waals surface area contributed by atoms with Gasteiger partial charge in [-0.1, -0.05) is 6.07 Å². The van der Waals surface area contributed by atoms with E-state index in [0.717, 1.165) is 29.6 Å². The minimum absolute atomic E-state index is 0.0433. The van der Waals surface area contributed by atoms with Crippen molar-refractivity contribution in [2.45, 2.75) is 0 Å². The zero-order valence-corrected chi connectivity index (χ0v) is 9.92. The third-order valence-corrected chi connectivity index (χ3v) is 3.33. The van der Waals surface area contributed by atoms with Crippen molar-refractivity contribution in [1.82, 2.24) is 4.90 Å². The van der Waals surface area contributed by atoms with Gasteiger partial charge >= 0.3 is 6.03 Å². The minimum Gasteiger partial charge on any atom is -0.497 e. The molecule has 4 nitrogen and oxygen atoms in total. The van der Waals surface area contributed by atoms with Crippen molar-refractivity contribution in [3.63, 3.8) is 0 Å². The standard InChI is InChI=1S/C11H14N2O2S/c1-15-10-4-2-3-9(7-10)12-11(14)13-5-6-16-8-13/h2-4,7H,5-6,8H2,1H3,(H,12,14). The van der Waals surface area contributed by atoms with Gasteiger partial charge in [0.15, 0.2) is 0 Å². The van der Waals surface area contributed by atoms with Crippen LogP contribution in [0.5, 0.6) is 5.75 Å². The van der Waals surface area contributed by atoms with E-state index in [4.69, 9.17) is 4.74 Å². The summed E-state index contributed by atoms with van der Waals surface area (Å²) in [5.74, 6) is 2.54. The van der Waals surface area contributed by atoms with Crippen molar-refractivity contribution < 1.29 is 9.53 Å². The van der Waals surface area contributed by atoms with Crippen LogP contribution in [0, 0.1) is 0 Å². The lowest BCUT2D eigenvalue weighted by molar-refractivity contribution is 0.225. The summed E-state index contributed by atoms with van der Waals surface area (Å²) in [5.41, 5.74) is 0.765. The first-order valence-corrected chi connectivity index (χ1v) is 6.23. The van der Waals surface area contributed by atoms with Crippen LogP contribution in [0.15, 0.2) is 24.3 Å². The molecule has 1 fully saturated rings. The molecule has 1 saturated heterocycles. The highest BCUT2D eigenvalue weighted by Gasteiger charge is 2.18. The second-order valence-electron chi connectivity index (χ2n) is 3.46. The van der Waals surface area contributed by atoms with Crippen LogP contribution >= 0.6 is 11.8 Å². The van der Waals surface area contributed by atoms with Crippen molar-refractivity contribution in [1.29, 1.82) is 0 Å². The second kappa shape index (κ2) is 5.12. The Morgan fingerprint density at radius 2 is 2.44 bits per heavy atom. The number of urea groups is 1. The number of hydrogen-bond acceptors (Lipinski definition) is 3. The highest BCUT2D eigenvalue weighted by molar-refractivity contribution is 7.99. The van der Waals surface area contributed by atoms with Crippen LogP contribution in [-0.2, 0) is 0 Å². The summed E-state index contributed by atoms with van der Waals surface area (Å²) in [6, 6.07) is 7.32. The molecule has 1 aliphatic heterocycles. The number of rotatable bonds is 2. The van der Waals surface area contributed by atoms with Crippen molar-refractivity contribution >= 4 is 23.5 Å². The number of ether oxygens (including phenoxy) is 1. The smallest absolute Gasteiger partial charge is 0.322 e. The number of nitrogens with one attached hydrogen (secondary N) is 1. The SMILES string of the molecule is COc1cccc(NC(=O)N2CCSC2)c1. The van der Waals surface area contributed by atoms with Gasteiger partial charge in [-0.25, -0.2) is 4.79 Å². The largest absolute Gasteiger partial charge is 0.497 e. The molecule has 0 radical (unpaired) electrons. The van der Waals surface area contributed by atoms with E-state index in [1.807, 2.05) is 18.2 Å². The molecular weight excluding hydrogens is 224 g/mol. The van der Waals surface area contributed by atoms with E-state index in [0.29, 0.717) is 0 Å². The fourth-order valence-electron chi connectivity index (χ4n) is 1.48. The van der Waals surface area contributed by atoms with Crippen molar-refractivity contribution in [2.24, 2.45) is 0 Å². The van der Waals surface area contributed by atoms with E-state index >= 15 is 0 Å². The van der Waals surface area contributed by atoms with Gasteiger partial charge in [0.05, 0.1) is 13.0 Å². The van der Waals surface area contributed by atoms with Crippen LogP contribution in [0.2, 0.25) is 0 Å². The molecule has 0 saturated carbocycles. The molecule has 0 aliphatic carbocycles. The first-order valence-electron chi connectivity index (χ1n) is 5.07. The predicted molar refractivity (Wildman–Crippen MR) is 66.0 cm³/mol. The molecule has 1 aromatic carbocycles. The first-order chi connectivity index (χ1) is 7.79. The normalized spacial score (nSPS) is 14.9. The third kappa shape index (κ3) is 2.61. The fourth-order valence-corrected chi connectivity index (χ4v) is 2.42. The number of thioether (sulfide) groups is 1. The third-order valence-electron chi connectivity index (χ3n) is 2.36. The Hall–Kier alpha value is -1.36. The highest BCUT2D eigenvalue weighted by Crippen LogP contribution is 2.19. The molecule has 5 heteroatoms. The van der Waals surface area contributed by atoms with Crippen LogP contribution in [0.1, 0.15) is 0 Å². The summed E-state index contributed by atoms with van der Waals surface area (Å²) in [4.78, 5) is 13.6. The molecule has 0 unspecified atom stereocenters. The van der Waals surface area contributed by atoms with E-state index in [-0.39, 0.29) is 6.03 Å². The Balaban J connectivity index is 1.99. The van der Waals surface area contributed by atoms with Crippen LogP contribution in [0.3, 0.4) is 0 Å². The summed E-state index contributed by atoms with van der Waals surface area (Å²) < 4.78 is 5.09. The molecule has 1 heterocycles. The number of nitrogens with zero attached hydrogens (tertiary/aromatic N) is 1. The molecule has 2 rings (SSSR count). The van der Waals surface area contributed by atoms with E-state index in [2.05, 4.69) is 5.32 Å². The summed E-state index contributed by atoms with van der Waals surface area (Å²) >= 11 is 1.77. The maximum atomic E-state index is 11.8. The number of anilines is 1. The Bertz CT molecular complexity index is 378. The number of benzene rings is 1. The second-order valence-corrected chi connectivity index (χ2v) is 4.54. The number of carbonyl (C=O) groups excluding carboxylic acids is 1. The van der Waals surface area contributed by atoms with Gasteiger partial charge in [0.2, 0.25) is 0 Å². The monoisotopic (exact) mass is 238 g/mol. The maximum absolute atomic E-state index is 11.8. The van der Waals surface area contributed by atoms with Gasteiger partial charge in [0.25, 0.3) is 0 Å². The first kappa shape index (κ1) is 11.1. The number of hydrogen-bond donors (Lipinski definition) is 1. The summed E-state index contributed by atoms with van der Waals surface area (Å²) in [6.07, 6.45) is 0. The molecule has 2 amide bonds. The van der Waals surface area contributed by atoms with Crippen LogP contribution in [0.25, 0.3) is 0 Å². The zero-order chi connectivity index (χ0) is 11.4. The van der Waals surface area contributed by atoms with Gasteiger partial charge in [-0.2, -0.15) is 0 Å². The molecule has 86 valence electrons. The van der Waals surface area contributed by atoms with Gasteiger partial charge in [0.1, 0.15) is 5.75 Å². The predicted octanol–water partition coefficient (Wildman–Crippen LogP) is 2.23. The zero-order valence-electron chi connectivity index (χ0n) is 9.10. The van der Waals surface area contributed by atoms with Gasteiger partial charge in [-0.3, -0.25) is 0 Å². The molecule has 1 N–H and O–H groups in total. The van der Waals surface area contributed by atoms with Gasteiger partial charge in [-0.05, 0) is 12.1 Å². The summed E-state index contributed by atoms with van der Waals surface area (Å²) in [7, 11) is 1.61. The maximum Gasteiger partial charge on any atom is 0.322 e. The van der Waals surface area contributed by atoms with E-state index in [9.17, 15) is 4.79 Å². The summed E-state index contributed by atoms with van der Waals surface area (Å²) in [5, 5.41) is 2.85. The van der Waals surface area contributed by atoms with Crippen LogP contribution in [-0.4, -0.2) is 36.2 Å². The molecule has 16 heavy (non-hydrogen) atoms. The topological polar surface area (TPSA) is 41.6 Å². The number of methoxy groups -OCH3 is 1. The van der Waals surface area contributed by atoms with Gasteiger partial charge in [0, 0.05) is 24.1 Å². The number of amides is 2. The molecule has 0 spiro atoms. The average molecular weight is 238 g/mol. The fraction of sp³-hybridized carbons (Fsp3) is 0.364. The Kier molecular flexibility index (Phi) is 3.56. The molecule has 0 atom stereocenters. The molecule has 0 bridgehead atoms. The van der Waals surface area contributed by atoms with Crippen molar-refractivity contribution in [3.8, 4) is 5.75 Å². The molecule has 0 aromatic heterocycles. The lowest BCUT2D eigenvalue weighted by Gasteiger charge is -2.15. The lowest BCUT2D eigenvalue weighted by atomic mass is 10.3. The Labute approximate surface area is 99.0 Å². The highest BCUT2D eigenvalue weighted by atomic mass is 32.2. The van der Waals surface area contributed by atoms with Gasteiger partial charge in [-0.15, -0.1) is 11.8 Å². The molecular formula is C11H14N2O2S. The Morgan fingerprint density at radius 3 is 3.12 bits per heavy atom.